The van der Waals surface area contributed by atoms with Gasteiger partial charge in [-0.1, -0.05) is 0 Å². The number of carbonyl (C=O) groups excluding carboxylic acids is 1. The van der Waals surface area contributed by atoms with Crippen molar-refractivity contribution in [2.24, 2.45) is 0 Å². The molecule has 2 aromatic heterocycles. The van der Waals surface area contributed by atoms with Crippen LogP contribution in [0.3, 0.4) is 0 Å². The number of amides is 1. The van der Waals surface area contributed by atoms with Crippen molar-refractivity contribution in [1.82, 2.24) is 20.3 Å². The van der Waals surface area contributed by atoms with Crippen molar-refractivity contribution in [3.05, 3.63) is 53.7 Å². The molecule has 7 heteroatoms. The number of carbonyl (C=O) groups is 1. The molecule has 2 heterocycles. The van der Waals surface area contributed by atoms with Crippen LogP contribution in [0.25, 0.3) is 11.0 Å². The Morgan fingerprint density at radius 2 is 2.17 bits per heavy atom. The predicted molar refractivity (Wildman–Crippen MR) is 90.5 cm³/mol. The number of rotatable bonds is 6. The van der Waals surface area contributed by atoms with Crippen LogP contribution in [0, 0.1) is 5.82 Å². The number of hydrogen-bond donors (Lipinski definition) is 3. The fourth-order valence-electron chi connectivity index (χ4n) is 2.36. The molecule has 0 fully saturated rings. The molecule has 0 spiro atoms. The van der Waals surface area contributed by atoms with Crippen LogP contribution in [0.2, 0.25) is 0 Å². The summed E-state index contributed by atoms with van der Waals surface area (Å²) in [5.74, 6) is 1.05. The summed E-state index contributed by atoms with van der Waals surface area (Å²) in [6, 6.07) is 7.97. The molecule has 3 N–H and O–H groups in total. The molecule has 124 valence electrons. The molecule has 0 atom stereocenters. The van der Waals surface area contributed by atoms with Crippen LogP contribution < -0.4 is 10.6 Å². The average molecular weight is 327 g/mol. The average Bonchev–Trinajstić information content (AvgIpc) is 2.97. The number of nitrogens with one attached hydrogen (secondary N) is 3. The molecule has 6 nitrogen and oxygen atoms in total. The zero-order valence-corrected chi connectivity index (χ0v) is 13.3. The van der Waals surface area contributed by atoms with Crippen molar-refractivity contribution in [2.75, 3.05) is 18.4 Å². The maximum atomic E-state index is 13.2. The van der Waals surface area contributed by atoms with Crippen LogP contribution in [0.1, 0.15) is 23.1 Å². The van der Waals surface area contributed by atoms with Crippen molar-refractivity contribution < 1.29 is 9.18 Å². The Hall–Kier alpha value is -2.96. The number of nitrogens with zero attached hydrogens (tertiary/aromatic N) is 2. The molecular formula is C17H18FN5O. The van der Waals surface area contributed by atoms with E-state index in [1.165, 1.54) is 18.3 Å². The molecule has 0 radical (unpaired) electrons. The third kappa shape index (κ3) is 3.68. The first kappa shape index (κ1) is 15.9. The lowest BCUT2D eigenvalue weighted by molar-refractivity contribution is 0.0955. The minimum Gasteiger partial charge on any atom is -0.370 e. The highest BCUT2D eigenvalue weighted by Crippen LogP contribution is 2.13. The summed E-state index contributed by atoms with van der Waals surface area (Å²) in [6.45, 7) is 3.07. The zero-order valence-electron chi connectivity index (χ0n) is 13.3. The molecule has 1 aromatic carbocycles. The standard InChI is InChI=1S/C17H18FN5O/c1-2-19-17(24)11-3-6-15(21-10-11)20-8-7-16-22-13-5-4-12(18)9-14(13)23-16/h3-6,9-10H,2,7-8H2,1H3,(H,19,24)(H,20,21)(H,22,23). The van der Waals surface area contributed by atoms with Crippen molar-refractivity contribution in [1.29, 1.82) is 0 Å². The van der Waals surface area contributed by atoms with E-state index in [1.807, 2.05) is 6.92 Å². The molecule has 0 aliphatic heterocycles. The number of fused-ring (bicyclic) bond motifs is 1. The molecule has 1 amide bonds. The van der Waals surface area contributed by atoms with Gasteiger partial charge in [0.2, 0.25) is 0 Å². The summed E-state index contributed by atoms with van der Waals surface area (Å²) in [7, 11) is 0. The van der Waals surface area contributed by atoms with Gasteiger partial charge >= 0.3 is 0 Å². The van der Waals surface area contributed by atoms with E-state index in [0.29, 0.717) is 36.4 Å². The number of imidazole rings is 1. The minimum atomic E-state index is -0.285. The first-order chi connectivity index (χ1) is 11.7. The second-order valence-electron chi connectivity index (χ2n) is 5.31. The Balaban J connectivity index is 1.56. The number of H-pyrrole nitrogens is 1. The maximum Gasteiger partial charge on any atom is 0.252 e. The van der Waals surface area contributed by atoms with Gasteiger partial charge in [-0.15, -0.1) is 0 Å². The van der Waals surface area contributed by atoms with Crippen molar-refractivity contribution in [2.45, 2.75) is 13.3 Å². The topological polar surface area (TPSA) is 82.7 Å². The summed E-state index contributed by atoms with van der Waals surface area (Å²) in [5.41, 5.74) is 1.96. The van der Waals surface area contributed by atoms with Crippen LogP contribution in [-0.2, 0) is 6.42 Å². The van der Waals surface area contributed by atoms with Gasteiger partial charge in [-0.3, -0.25) is 4.79 Å². The molecule has 3 aromatic rings. The van der Waals surface area contributed by atoms with Crippen LogP contribution in [0.4, 0.5) is 10.2 Å². The van der Waals surface area contributed by atoms with Crippen molar-refractivity contribution in [3.63, 3.8) is 0 Å². The third-order valence-electron chi connectivity index (χ3n) is 3.52. The van der Waals surface area contributed by atoms with Crippen molar-refractivity contribution >= 4 is 22.8 Å². The summed E-state index contributed by atoms with van der Waals surface area (Å²) in [5, 5.41) is 5.89. The lowest BCUT2D eigenvalue weighted by Gasteiger charge is -2.06. The fourth-order valence-corrected chi connectivity index (χ4v) is 2.36. The van der Waals surface area contributed by atoms with Crippen LogP contribution in [0.15, 0.2) is 36.5 Å². The minimum absolute atomic E-state index is 0.133. The van der Waals surface area contributed by atoms with Gasteiger partial charge < -0.3 is 15.6 Å². The lowest BCUT2D eigenvalue weighted by atomic mass is 10.2. The van der Waals surface area contributed by atoms with Gasteiger partial charge in [0.15, 0.2) is 0 Å². The summed E-state index contributed by atoms with van der Waals surface area (Å²) in [6.07, 6.45) is 2.19. The number of aromatic amines is 1. The molecule has 0 saturated carbocycles. The van der Waals surface area contributed by atoms with E-state index in [9.17, 15) is 9.18 Å². The normalized spacial score (nSPS) is 10.8. The summed E-state index contributed by atoms with van der Waals surface area (Å²) in [4.78, 5) is 23.4. The van der Waals surface area contributed by atoms with Crippen LogP contribution >= 0.6 is 0 Å². The first-order valence-electron chi connectivity index (χ1n) is 7.78. The Bertz CT molecular complexity index is 844. The second-order valence-corrected chi connectivity index (χ2v) is 5.31. The molecule has 0 bridgehead atoms. The van der Waals surface area contributed by atoms with E-state index in [4.69, 9.17) is 0 Å². The van der Waals surface area contributed by atoms with E-state index in [2.05, 4.69) is 25.6 Å². The van der Waals surface area contributed by atoms with Gasteiger partial charge in [0.25, 0.3) is 5.91 Å². The van der Waals surface area contributed by atoms with Gasteiger partial charge in [0, 0.05) is 25.7 Å². The maximum absolute atomic E-state index is 13.2. The molecule has 0 aliphatic rings. The van der Waals surface area contributed by atoms with Gasteiger partial charge in [-0.25, -0.2) is 14.4 Å². The quantitative estimate of drug-likeness (QED) is 0.649. The van der Waals surface area contributed by atoms with Crippen LogP contribution in [0.5, 0.6) is 0 Å². The predicted octanol–water partition coefficient (Wildman–Crippen LogP) is 2.50. The summed E-state index contributed by atoms with van der Waals surface area (Å²) >= 11 is 0. The van der Waals surface area contributed by atoms with Gasteiger partial charge in [-0.2, -0.15) is 0 Å². The van der Waals surface area contributed by atoms with Crippen LogP contribution in [-0.4, -0.2) is 33.9 Å². The first-order valence-corrected chi connectivity index (χ1v) is 7.78. The van der Waals surface area contributed by atoms with E-state index in [-0.39, 0.29) is 11.7 Å². The zero-order chi connectivity index (χ0) is 16.9. The number of anilines is 1. The molecule has 0 unspecified atom stereocenters. The van der Waals surface area contributed by atoms with E-state index >= 15 is 0 Å². The van der Waals surface area contributed by atoms with E-state index in [1.54, 1.807) is 18.2 Å². The number of pyridine rings is 1. The van der Waals surface area contributed by atoms with E-state index in [0.717, 1.165) is 11.3 Å². The molecule has 3 rings (SSSR count). The number of benzene rings is 1. The van der Waals surface area contributed by atoms with Gasteiger partial charge in [0.05, 0.1) is 16.6 Å². The molecule has 0 aliphatic carbocycles. The second kappa shape index (κ2) is 7.08. The van der Waals surface area contributed by atoms with Gasteiger partial charge in [0.1, 0.15) is 17.5 Å². The number of aromatic nitrogens is 3. The Labute approximate surface area is 138 Å². The van der Waals surface area contributed by atoms with E-state index < -0.39 is 0 Å². The third-order valence-corrected chi connectivity index (χ3v) is 3.52. The monoisotopic (exact) mass is 327 g/mol. The lowest BCUT2D eigenvalue weighted by Crippen LogP contribution is -2.22. The highest BCUT2D eigenvalue weighted by atomic mass is 19.1. The summed E-state index contributed by atoms with van der Waals surface area (Å²) < 4.78 is 13.2. The Morgan fingerprint density at radius 3 is 2.92 bits per heavy atom. The van der Waals surface area contributed by atoms with Crippen molar-refractivity contribution in [3.8, 4) is 0 Å². The fraction of sp³-hybridized carbons (Fsp3) is 0.235. The Morgan fingerprint density at radius 1 is 1.29 bits per heavy atom. The molecule has 24 heavy (non-hydrogen) atoms. The Kier molecular flexibility index (Phi) is 4.69. The SMILES string of the molecule is CCNC(=O)c1ccc(NCCc2nc3ccc(F)cc3[nH]2)nc1. The molecular weight excluding hydrogens is 309 g/mol. The highest BCUT2D eigenvalue weighted by Gasteiger charge is 2.06. The smallest absolute Gasteiger partial charge is 0.252 e. The highest BCUT2D eigenvalue weighted by molar-refractivity contribution is 5.93. The number of hydrogen-bond acceptors (Lipinski definition) is 4. The molecule has 0 saturated heterocycles. The largest absolute Gasteiger partial charge is 0.370 e. The number of halogens is 1. The van der Waals surface area contributed by atoms with Gasteiger partial charge in [-0.05, 0) is 37.3 Å².